The summed E-state index contributed by atoms with van der Waals surface area (Å²) in [5, 5.41) is 3.36. The van der Waals surface area contributed by atoms with Crippen LogP contribution in [-0.4, -0.2) is 35.8 Å². The van der Waals surface area contributed by atoms with Crippen molar-refractivity contribution in [3.05, 3.63) is 0 Å². The smallest absolute Gasteiger partial charge is 0.246 e. The summed E-state index contributed by atoms with van der Waals surface area (Å²) in [5.74, 6) is 1.16. The van der Waals surface area contributed by atoms with Gasteiger partial charge in [0.05, 0.1) is 12.5 Å². The fourth-order valence-electron chi connectivity index (χ4n) is 2.74. The fraction of sp³-hybridized carbons (Fsp3) is 0.833. The van der Waals surface area contributed by atoms with Crippen LogP contribution in [0.5, 0.6) is 0 Å². The van der Waals surface area contributed by atoms with Gasteiger partial charge in [-0.2, -0.15) is 0 Å². The Hall–Kier alpha value is -0.900. The third-order valence-electron chi connectivity index (χ3n) is 4.26. The van der Waals surface area contributed by atoms with Crippen LogP contribution in [0.1, 0.15) is 33.1 Å². The Morgan fingerprint density at radius 3 is 2.38 bits per heavy atom. The lowest BCUT2D eigenvalue weighted by molar-refractivity contribution is -0.137. The van der Waals surface area contributed by atoms with Gasteiger partial charge in [-0.25, -0.2) is 0 Å². The van der Waals surface area contributed by atoms with Gasteiger partial charge in [0.15, 0.2) is 0 Å². The number of hydrogen-bond donors (Lipinski definition) is 1. The van der Waals surface area contributed by atoms with Crippen LogP contribution >= 0.6 is 0 Å². The lowest BCUT2D eigenvalue weighted by Crippen LogP contribution is -2.44. The van der Waals surface area contributed by atoms with Crippen molar-refractivity contribution in [2.75, 3.05) is 7.05 Å². The highest BCUT2D eigenvalue weighted by Gasteiger charge is 2.39. The number of nitrogens with zero attached hydrogens (tertiary/aromatic N) is 1. The van der Waals surface area contributed by atoms with Crippen LogP contribution in [0.2, 0.25) is 0 Å². The van der Waals surface area contributed by atoms with Crippen molar-refractivity contribution < 1.29 is 9.59 Å². The molecule has 4 atom stereocenters. The monoisotopic (exact) mass is 224 g/mol. The highest BCUT2D eigenvalue weighted by atomic mass is 16.2. The van der Waals surface area contributed by atoms with Gasteiger partial charge in [-0.15, -0.1) is 0 Å². The van der Waals surface area contributed by atoms with Gasteiger partial charge in [0.2, 0.25) is 11.8 Å². The third kappa shape index (κ3) is 1.86. The van der Waals surface area contributed by atoms with Gasteiger partial charge in [0, 0.05) is 13.1 Å². The molecule has 16 heavy (non-hydrogen) atoms. The van der Waals surface area contributed by atoms with E-state index in [1.807, 2.05) is 0 Å². The molecule has 0 bridgehead atoms. The maximum Gasteiger partial charge on any atom is 0.246 e. The first kappa shape index (κ1) is 11.6. The van der Waals surface area contributed by atoms with Crippen molar-refractivity contribution in [3.8, 4) is 0 Å². The molecule has 1 saturated carbocycles. The molecule has 4 unspecified atom stereocenters. The second kappa shape index (κ2) is 4.17. The average molecular weight is 224 g/mol. The lowest BCUT2D eigenvalue weighted by atomic mass is 9.97. The zero-order valence-corrected chi connectivity index (χ0v) is 10.2. The summed E-state index contributed by atoms with van der Waals surface area (Å²) in [5.41, 5.74) is 0. The summed E-state index contributed by atoms with van der Waals surface area (Å²) in [6, 6.07) is 0.110. The Morgan fingerprint density at radius 2 is 1.94 bits per heavy atom. The van der Waals surface area contributed by atoms with Gasteiger partial charge in [0.1, 0.15) is 0 Å². The quantitative estimate of drug-likeness (QED) is 0.705. The molecule has 2 rings (SSSR count). The van der Waals surface area contributed by atoms with Crippen LogP contribution in [0, 0.1) is 11.8 Å². The van der Waals surface area contributed by atoms with Crippen molar-refractivity contribution in [2.45, 2.75) is 45.2 Å². The topological polar surface area (TPSA) is 49.4 Å². The molecule has 1 aliphatic carbocycles. The molecular formula is C12H20N2O2. The van der Waals surface area contributed by atoms with E-state index >= 15 is 0 Å². The number of likely N-dealkylation sites (tertiary alicyclic amines) is 1. The maximum absolute atomic E-state index is 11.7. The first-order chi connectivity index (χ1) is 7.50. The summed E-state index contributed by atoms with van der Waals surface area (Å²) in [6.07, 6.45) is 2.65. The molecule has 0 aromatic heterocycles. The highest BCUT2D eigenvalue weighted by Crippen LogP contribution is 2.32. The van der Waals surface area contributed by atoms with Crippen LogP contribution in [0.15, 0.2) is 0 Å². The Balaban J connectivity index is 1.96. The number of carbonyl (C=O) groups is 2. The second-order valence-corrected chi connectivity index (χ2v) is 5.23. The molecule has 2 aliphatic rings. The predicted molar refractivity (Wildman–Crippen MR) is 60.7 cm³/mol. The van der Waals surface area contributed by atoms with Gasteiger partial charge < -0.3 is 5.32 Å². The number of rotatable bonds is 2. The molecule has 90 valence electrons. The van der Waals surface area contributed by atoms with E-state index in [9.17, 15) is 9.59 Å². The van der Waals surface area contributed by atoms with Crippen molar-refractivity contribution in [1.29, 1.82) is 0 Å². The Kier molecular flexibility index (Phi) is 3.02. The van der Waals surface area contributed by atoms with Gasteiger partial charge in [-0.1, -0.05) is 13.8 Å². The molecule has 0 aromatic rings. The Bertz CT molecular complexity index is 316. The molecule has 0 aromatic carbocycles. The van der Waals surface area contributed by atoms with Crippen LogP contribution < -0.4 is 5.32 Å². The van der Waals surface area contributed by atoms with Crippen LogP contribution in [0.25, 0.3) is 0 Å². The minimum atomic E-state index is -0.282. The number of carbonyl (C=O) groups excluding carboxylic acids is 2. The predicted octanol–water partition coefficient (Wildman–Crippen LogP) is 0.768. The van der Waals surface area contributed by atoms with Crippen molar-refractivity contribution >= 4 is 11.8 Å². The minimum Gasteiger partial charge on any atom is -0.302 e. The summed E-state index contributed by atoms with van der Waals surface area (Å²) in [6.45, 7) is 4.47. The number of imide groups is 1. The summed E-state index contributed by atoms with van der Waals surface area (Å²) in [4.78, 5) is 24.4. The van der Waals surface area contributed by atoms with E-state index in [4.69, 9.17) is 0 Å². The Labute approximate surface area is 96.4 Å². The van der Waals surface area contributed by atoms with Crippen LogP contribution in [0.4, 0.5) is 0 Å². The number of nitrogens with one attached hydrogen (secondary N) is 1. The molecule has 2 fully saturated rings. The van der Waals surface area contributed by atoms with E-state index in [0.717, 1.165) is 6.42 Å². The molecule has 4 heteroatoms. The van der Waals surface area contributed by atoms with Crippen molar-refractivity contribution in [2.24, 2.45) is 11.8 Å². The average Bonchev–Trinajstić information content (AvgIpc) is 2.68. The lowest BCUT2D eigenvalue weighted by Gasteiger charge is -2.22. The highest BCUT2D eigenvalue weighted by molar-refractivity contribution is 6.05. The van der Waals surface area contributed by atoms with E-state index in [0.29, 0.717) is 24.3 Å². The minimum absolute atomic E-state index is 0.0683. The maximum atomic E-state index is 11.7. The van der Waals surface area contributed by atoms with E-state index in [2.05, 4.69) is 19.2 Å². The zero-order chi connectivity index (χ0) is 11.9. The first-order valence-electron chi connectivity index (χ1n) is 6.07. The summed E-state index contributed by atoms with van der Waals surface area (Å²) in [7, 11) is 1.56. The molecule has 1 N–H and O–H groups in total. The number of amides is 2. The summed E-state index contributed by atoms with van der Waals surface area (Å²) < 4.78 is 0. The normalized spacial score (nSPS) is 39.8. The summed E-state index contributed by atoms with van der Waals surface area (Å²) >= 11 is 0. The standard InChI is InChI=1S/C12H20N2O2/c1-7-4-5-9(8(7)2)13-10-6-11(15)14(3)12(10)16/h7-10,13H,4-6H2,1-3H3. The van der Waals surface area contributed by atoms with E-state index in [1.165, 1.54) is 11.3 Å². The van der Waals surface area contributed by atoms with Gasteiger partial charge in [0.25, 0.3) is 0 Å². The van der Waals surface area contributed by atoms with Crippen molar-refractivity contribution in [1.82, 2.24) is 10.2 Å². The molecule has 0 radical (unpaired) electrons. The van der Waals surface area contributed by atoms with Crippen LogP contribution in [0.3, 0.4) is 0 Å². The molecule has 1 heterocycles. The van der Waals surface area contributed by atoms with Crippen LogP contribution in [-0.2, 0) is 9.59 Å². The van der Waals surface area contributed by atoms with Gasteiger partial charge in [-0.3, -0.25) is 14.5 Å². The SMILES string of the molecule is CC1CCC(NC2CC(=O)N(C)C2=O)C1C. The zero-order valence-electron chi connectivity index (χ0n) is 10.2. The van der Waals surface area contributed by atoms with E-state index < -0.39 is 0 Å². The van der Waals surface area contributed by atoms with Crippen molar-refractivity contribution in [3.63, 3.8) is 0 Å². The molecule has 0 spiro atoms. The molecular weight excluding hydrogens is 204 g/mol. The molecule has 1 aliphatic heterocycles. The molecule has 1 saturated heterocycles. The van der Waals surface area contributed by atoms with E-state index in [1.54, 1.807) is 7.05 Å². The molecule has 2 amide bonds. The van der Waals surface area contributed by atoms with E-state index in [-0.39, 0.29) is 17.9 Å². The second-order valence-electron chi connectivity index (χ2n) is 5.23. The molecule has 4 nitrogen and oxygen atoms in total. The largest absolute Gasteiger partial charge is 0.302 e. The fourth-order valence-corrected chi connectivity index (χ4v) is 2.74. The van der Waals surface area contributed by atoms with Gasteiger partial charge in [-0.05, 0) is 24.7 Å². The van der Waals surface area contributed by atoms with Gasteiger partial charge >= 0.3 is 0 Å². The third-order valence-corrected chi connectivity index (χ3v) is 4.26. The number of likely N-dealkylation sites (N-methyl/N-ethyl adjacent to an activating group) is 1. The Morgan fingerprint density at radius 1 is 1.25 bits per heavy atom. The number of hydrogen-bond acceptors (Lipinski definition) is 3. The first-order valence-corrected chi connectivity index (χ1v) is 6.07.